The van der Waals surface area contributed by atoms with Gasteiger partial charge in [0, 0.05) is 41.5 Å². The maximum Gasteiger partial charge on any atom is 0.216 e. The molecule has 0 bridgehead atoms. The van der Waals surface area contributed by atoms with Gasteiger partial charge in [0.1, 0.15) is 6.17 Å². The van der Waals surface area contributed by atoms with E-state index in [2.05, 4.69) is 15.5 Å². The number of ketones is 1. The first-order valence-electron chi connectivity index (χ1n) is 9.96. The van der Waals surface area contributed by atoms with Gasteiger partial charge in [0.05, 0.1) is 17.5 Å². The number of piperidine rings is 1. The first kappa shape index (κ1) is 18.4. The van der Waals surface area contributed by atoms with Crippen LogP contribution in [0.3, 0.4) is 0 Å². The van der Waals surface area contributed by atoms with Gasteiger partial charge in [0.15, 0.2) is 11.6 Å². The highest BCUT2D eigenvalue weighted by atomic mass is 32.2. The van der Waals surface area contributed by atoms with Crippen molar-refractivity contribution < 1.29 is 17.6 Å². The molecule has 5 aliphatic rings. The van der Waals surface area contributed by atoms with Crippen molar-refractivity contribution in [1.82, 2.24) is 9.62 Å². The summed E-state index contributed by atoms with van der Waals surface area (Å²) in [5.74, 6) is 0.503. The zero-order valence-electron chi connectivity index (χ0n) is 16.2. The summed E-state index contributed by atoms with van der Waals surface area (Å²) >= 11 is 0. The minimum atomic E-state index is -3.26. The van der Waals surface area contributed by atoms with Crippen molar-refractivity contribution in [2.24, 2.45) is 21.1 Å². The number of carbonyl (C=O) groups excluding carboxylic acids is 1. The van der Waals surface area contributed by atoms with Crippen molar-refractivity contribution in [3.05, 3.63) is 22.7 Å². The van der Waals surface area contributed by atoms with E-state index in [0.29, 0.717) is 49.6 Å². The average molecular weight is 408 g/mol. The Morgan fingerprint density at radius 3 is 2.54 bits per heavy atom. The highest BCUT2D eigenvalue weighted by Crippen LogP contribution is 2.56. The lowest BCUT2D eigenvalue weighted by molar-refractivity contribution is -0.121. The van der Waals surface area contributed by atoms with Gasteiger partial charge >= 0.3 is 0 Å². The molecule has 28 heavy (non-hydrogen) atoms. The van der Waals surface area contributed by atoms with Crippen LogP contribution in [0.2, 0.25) is 0 Å². The van der Waals surface area contributed by atoms with Gasteiger partial charge in [-0.25, -0.2) is 17.1 Å². The SMILES string of the molecule is CC1(C)CC(=O)C2=C(NC3=C(CN=N3)C23CCN(S(=O)(=O)C2CC2)CC3)C1F. The molecular formula is C19H25FN4O3S. The number of nitrogens with zero attached hydrogens (tertiary/aromatic N) is 3. The standard InChI is InChI=1S/C19H25FN4O3S/c1-18(2)9-13(25)14-15(16(18)20)22-17-12(10-21-23-17)19(14)5-7-24(8-6-19)28(26,27)11-3-4-11/h11,16,22H,3-10H2,1-2H3. The molecular weight excluding hydrogens is 383 g/mol. The van der Waals surface area contributed by atoms with E-state index in [1.165, 1.54) is 0 Å². The van der Waals surface area contributed by atoms with Gasteiger partial charge < -0.3 is 5.32 Å². The molecule has 5 rings (SSSR count). The molecule has 7 nitrogen and oxygen atoms in total. The first-order chi connectivity index (χ1) is 13.2. The highest BCUT2D eigenvalue weighted by Gasteiger charge is 2.56. The zero-order chi connectivity index (χ0) is 19.9. The Bertz CT molecular complexity index is 954. The molecule has 0 amide bonds. The van der Waals surface area contributed by atoms with Crippen molar-refractivity contribution >= 4 is 15.8 Å². The van der Waals surface area contributed by atoms with Crippen LogP contribution in [0.1, 0.15) is 46.0 Å². The minimum Gasteiger partial charge on any atom is -0.339 e. The maximum atomic E-state index is 15.4. The number of Topliss-reactive ketones (excluding diaryl/α,β-unsaturated/α-hetero) is 1. The van der Waals surface area contributed by atoms with Crippen LogP contribution in [0.15, 0.2) is 32.9 Å². The van der Waals surface area contributed by atoms with Crippen LogP contribution in [-0.4, -0.2) is 49.6 Å². The molecule has 1 atom stereocenters. The number of fused-ring (bicyclic) bond motifs is 2. The van der Waals surface area contributed by atoms with E-state index in [1.54, 1.807) is 18.2 Å². The summed E-state index contributed by atoms with van der Waals surface area (Å²) in [7, 11) is -3.26. The van der Waals surface area contributed by atoms with Crippen molar-refractivity contribution in [2.75, 3.05) is 19.6 Å². The Kier molecular flexibility index (Phi) is 3.76. The van der Waals surface area contributed by atoms with Crippen LogP contribution in [0.4, 0.5) is 4.39 Å². The molecule has 3 aliphatic heterocycles. The van der Waals surface area contributed by atoms with E-state index in [9.17, 15) is 13.2 Å². The summed E-state index contributed by atoms with van der Waals surface area (Å²) in [6.45, 7) is 4.60. The molecule has 2 aliphatic carbocycles. The Balaban J connectivity index is 1.55. The normalized spacial score (nSPS) is 31.8. The molecule has 9 heteroatoms. The van der Waals surface area contributed by atoms with Crippen LogP contribution in [0, 0.1) is 10.8 Å². The molecule has 1 N–H and O–H groups in total. The van der Waals surface area contributed by atoms with Gasteiger partial charge in [0.25, 0.3) is 0 Å². The summed E-state index contributed by atoms with van der Waals surface area (Å²) in [5.41, 5.74) is 0.295. The van der Waals surface area contributed by atoms with E-state index >= 15 is 4.39 Å². The summed E-state index contributed by atoms with van der Waals surface area (Å²) < 4.78 is 42.2. The van der Waals surface area contributed by atoms with Crippen LogP contribution in [0.25, 0.3) is 0 Å². The fourth-order valence-corrected chi connectivity index (χ4v) is 7.07. The molecule has 1 saturated heterocycles. The number of sulfonamides is 1. The van der Waals surface area contributed by atoms with Crippen LogP contribution >= 0.6 is 0 Å². The number of allylic oxidation sites excluding steroid dienone is 2. The number of halogens is 1. The lowest BCUT2D eigenvalue weighted by atomic mass is 9.59. The topological polar surface area (TPSA) is 91.2 Å². The Morgan fingerprint density at radius 1 is 1.21 bits per heavy atom. The van der Waals surface area contributed by atoms with Crippen LogP contribution < -0.4 is 5.32 Å². The number of dihydropyridines is 1. The average Bonchev–Trinajstić information content (AvgIpc) is 3.39. The molecule has 3 heterocycles. The van der Waals surface area contributed by atoms with E-state index in [4.69, 9.17) is 0 Å². The molecule has 0 aromatic carbocycles. The van der Waals surface area contributed by atoms with Crippen LogP contribution in [-0.2, 0) is 14.8 Å². The number of hydrogen-bond donors (Lipinski definition) is 1. The summed E-state index contributed by atoms with van der Waals surface area (Å²) in [4.78, 5) is 13.2. The number of hydrogen-bond acceptors (Lipinski definition) is 6. The highest BCUT2D eigenvalue weighted by molar-refractivity contribution is 7.90. The smallest absolute Gasteiger partial charge is 0.216 e. The molecule has 0 aromatic heterocycles. The molecule has 1 saturated carbocycles. The number of rotatable bonds is 2. The number of azo groups is 1. The third kappa shape index (κ3) is 2.41. The molecule has 1 unspecified atom stereocenters. The molecule has 152 valence electrons. The second-order valence-electron chi connectivity index (χ2n) is 9.32. The molecule has 0 radical (unpaired) electrons. The first-order valence-corrected chi connectivity index (χ1v) is 11.5. The van der Waals surface area contributed by atoms with Crippen LogP contribution in [0.5, 0.6) is 0 Å². The third-order valence-corrected chi connectivity index (χ3v) is 9.38. The quantitative estimate of drug-likeness (QED) is 0.760. The largest absolute Gasteiger partial charge is 0.339 e. The monoisotopic (exact) mass is 408 g/mol. The van der Waals surface area contributed by atoms with Gasteiger partial charge in [0.2, 0.25) is 10.0 Å². The molecule has 0 aromatic rings. The van der Waals surface area contributed by atoms with Gasteiger partial charge in [-0.05, 0) is 25.7 Å². The second-order valence-corrected chi connectivity index (χ2v) is 11.5. The Morgan fingerprint density at radius 2 is 1.89 bits per heavy atom. The van der Waals surface area contributed by atoms with Gasteiger partial charge in [-0.3, -0.25) is 4.79 Å². The lowest BCUT2D eigenvalue weighted by Gasteiger charge is -2.49. The summed E-state index contributed by atoms with van der Waals surface area (Å²) in [5, 5.41) is 11.1. The minimum absolute atomic E-state index is 0.0432. The van der Waals surface area contributed by atoms with Crippen molar-refractivity contribution in [3.8, 4) is 0 Å². The van der Waals surface area contributed by atoms with E-state index in [1.807, 2.05) is 0 Å². The van der Waals surface area contributed by atoms with Crippen molar-refractivity contribution in [1.29, 1.82) is 0 Å². The number of alkyl halides is 1. The van der Waals surface area contributed by atoms with Gasteiger partial charge in [-0.15, -0.1) is 5.11 Å². The molecule has 2 fully saturated rings. The van der Waals surface area contributed by atoms with Crippen molar-refractivity contribution in [2.45, 2.75) is 57.4 Å². The fraction of sp³-hybridized carbons (Fsp3) is 0.737. The lowest BCUT2D eigenvalue weighted by Crippen LogP contribution is -2.53. The van der Waals surface area contributed by atoms with Crippen molar-refractivity contribution in [3.63, 3.8) is 0 Å². The summed E-state index contributed by atoms with van der Waals surface area (Å²) in [6.07, 6.45) is 1.26. The van der Waals surface area contributed by atoms with E-state index in [0.717, 1.165) is 18.4 Å². The Hall–Kier alpha value is -1.61. The molecule has 1 spiro atoms. The summed E-state index contributed by atoms with van der Waals surface area (Å²) in [6, 6.07) is 0. The zero-order valence-corrected chi connectivity index (χ0v) is 17.0. The predicted molar refractivity (Wildman–Crippen MR) is 100 cm³/mol. The number of nitrogens with one attached hydrogen (secondary N) is 1. The van der Waals surface area contributed by atoms with E-state index in [-0.39, 0.29) is 17.5 Å². The van der Waals surface area contributed by atoms with E-state index < -0.39 is 27.0 Å². The second kappa shape index (κ2) is 5.72. The fourth-order valence-electron chi connectivity index (χ4n) is 5.23. The maximum absolute atomic E-state index is 15.4. The number of carbonyl (C=O) groups is 1. The predicted octanol–water partition coefficient (Wildman–Crippen LogP) is 2.43. The van der Waals surface area contributed by atoms with Gasteiger partial charge in [-0.2, -0.15) is 5.11 Å². The third-order valence-electron chi connectivity index (χ3n) is 6.98. The Labute approximate surface area is 164 Å². The van der Waals surface area contributed by atoms with Gasteiger partial charge in [-0.1, -0.05) is 13.8 Å².